The van der Waals surface area contributed by atoms with E-state index in [2.05, 4.69) is 31.8 Å². The molecule has 0 spiro atoms. The van der Waals surface area contributed by atoms with Crippen LogP contribution in [0.2, 0.25) is 0 Å². The summed E-state index contributed by atoms with van der Waals surface area (Å²) in [6.45, 7) is 1.21. The maximum atomic E-state index is 13.7. The first-order valence-corrected chi connectivity index (χ1v) is 17.7. The summed E-state index contributed by atoms with van der Waals surface area (Å²) in [6, 6.07) is 15.6. The highest BCUT2D eigenvalue weighted by Crippen LogP contribution is 2.31. The van der Waals surface area contributed by atoms with Crippen molar-refractivity contribution in [2.45, 2.75) is 56.0 Å². The normalized spacial score (nSPS) is 19.6. The zero-order chi connectivity index (χ0) is 33.0. The summed E-state index contributed by atoms with van der Waals surface area (Å²) in [4.78, 5) is 31.1. The smallest absolute Gasteiger partial charge is 0.323 e. The number of anilines is 3. The molecule has 14 heteroatoms. The topological polar surface area (TPSA) is 162 Å². The molecule has 1 unspecified atom stereocenters. The minimum absolute atomic E-state index is 0.0597. The second kappa shape index (κ2) is 13.8. The second-order valence-electron chi connectivity index (χ2n) is 12.2. The van der Waals surface area contributed by atoms with Crippen molar-refractivity contribution < 1.29 is 13.2 Å². The van der Waals surface area contributed by atoms with Crippen molar-refractivity contribution in [2.75, 3.05) is 34.5 Å². The molecule has 4 heterocycles. The average Bonchev–Trinajstić information content (AvgIpc) is 3.76. The number of pyridine rings is 1. The lowest BCUT2D eigenvalue weighted by Gasteiger charge is -2.36. The summed E-state index contributed by atoms with van der Waals surface area (Å²) < 4.78 is 26.0. The predicted molar refractivity (Wildman–Crippen MR) is 179 cm³/mol. The van der Waals surface area contributed by atoms with Gasteiger partial charge < -0.3 is 15.5 Å². The van der Waals surface area contributed by atoms with E-state index in [-0.39, 0.29) is 18.1 Å². The van der Waals surface area contributed by atoms with Crippen LogP contribution >= 0.6 is 0 Å². The molecule has 1 saturated heterocycles. The highest BCUT2D eigenvalue weighted by molar-refractivity contribution is 7.91. The summed E-state index contributed by atoms with van der Waals surface area (Å²) in [5.41, 5.74) is 3.19. The first-order chi connectivity index (χ1) is 22.7. The Kier molecular flexibility index (Phi) is 9.35. The molecule has 244 valence electrons. The molecule has 6 rings (SSSR count). The van der Waals surface area contributed by atoms with Gasteiger partial charge in [0.15, 0.2) is 15.7 Å². The van der Waals surface area contributed by atoms with Crippen molar-refractivity contribution in [2.24, 2.45) is 7.05 Å². The van der Waals surface area contributed by atoms with Crippen LogP contribution in [0.5, 0.6) is 0 Å². The van der Waals surface area contributed by atoms with Gasteiger partial charge in [0.1, 0.15) is 17.5 Å². The maximum absolute atomic E-state index is 13.7. The molecule has 3 aromatic heterocycles. The van der Waals surface area contributed by atoms with Crippen LogP contribution in [0.3, 0.4) is 0 Å². The number of rotatable bonds is 9. The summed E-state index contributed by atoms with van der Waals surface area (Å²) >= 11 is 0. The number of urea groups is 1. The van der Waals surface area contributed by atoms with E-state index in [9.17, 15) is 18.5 Å². The number of sulfone groups is 1. The van der Waals surface area contributed by atoms with Crippen LogP contribution in [0.25, 0.3) is 11.1 Å². The van der Waals surface area contributed by atoms with E-state index in [1.807, 2.05) is 60.6 Å². The Balaban J connectivity index is 1.15. The molecule has 2 amide bonds. The summed E-state index contributed by atoms with van der Waals surface area (Å²) in [7, 11) is -1.32. The molecule has 1 saturated carbocycles. The maximum Gasteiger partial charge on any atom is 0.323 e. The van der Waals surface area contributed by atoms with Crippen LogP contribution in [-0.2, 0) is 23.4 Å². The number of carbonyl (C=O) groups excluding carboxylic acids is 1. The minimum Gasteiger partial charge on any atom is -0.354 e. The van der Waals surface area contributed by atoms with Gasteiger partial charge in [0.05, 0.1) is 17.6 Å². The van der Waals surface area contributed by atoms with Gasteiger partial charge in [-0.05, 0) is 49.8 Å². The molecule has 1 atom stereocenters. The number of hydrogen-bond donors (Lipinski definition) is 2. The van der Waals surface area contributed by atoms with E-state index in [0.29, 0.717) is 49.2 Å². The quantitative estimate of drug-likeness (QED) is 0.271. The highest BCUT2D eigenvalue weighted by atomic mass is 32.2. The molecule has 2 N–H and O–H groups in total. The number of amides is 2. The fourth-order valence-corrected chi connectivity index (χ4v) is 7.26. The monoisotopic (exact) mass is 654 g/mol. The Bertz CT molecular complexity index is 1850. The zero-order valence-corrected chi connectivity index (χ0v) is 27.3. The third-order valence-corrected chi connectivity index (χ3v) is 10.5. The van der Waals surface area contributed by atoms with Crippen LogP contribution in [0.4, 0.5) is 22.4 Å². The predicted octanol–water partition coefficient (Wildman–Crippen LogP) is 3.91. The van der Waals surface area contributed by atoms with Gasteiger partial charge in [-0.15, -0.1) is 0 Å². The van der Waals surface area contributed by atoms with E-state index in [1.54, 1.807) is 22.0 Å². The van der Waals surface area contributed by atoms with Gasteiger partial charge in [-0.25, -0.2) is 23.2 Å². The molecular weight excluding hydrogens is 616 g/mol. The Morgan fingerprint density at radius 3 is 2.45 bits per heavy atom. The van der Waals surface area contributed by atoms with Crippen molar-refractivity contribution in [1.29, 1.82) is 5.26 Å². The number of nitrogens with zero attached hydrogens (tertiary/aromatic N) is 8. The van der Waals surface area contributed by atoms with Crippen LogP contribution in [0, 0.1) is 11.3 Å². The molecule has 2 fully saturated rings. The summed E-state index contributed by atoms with van der Waals surface area (Å²) in [5.74, 6) is 1.43. The fourth-order valence-electron chi connectivity index (χ4n) is 6.28. The van der Waals surface area contributed by atoms with Crippen LogP contribution in [-0.4, -0.2) is 75.9 Å². The summed E-state index contributed by atoms with van der Waals surface area (Å²) in [6.07, 6.45) is 11.7. The Morgan fingerprint density at radius 2 is 1.81 bits per heavy atom. The fraction of sp³-hybridized carbons (Fsp3) is 0.394. The van der Waals surface area contributed by atoms with Gasteiger partial charge in [0, 0.05) is 68.5 Å². The molecule has 47 heavy (non-hydrogen) atoms. The van der Waals surface area contributed by atoms with Crippen molar-refractivity contribution >= 4 is 33.5 Å². The zero-order valence-electron chi connectivity index (χ0n) is 26.5. The Labute approximate surface area is 274 Å². The number of carbonyl (C=O) groups is 1. The lowest BCUT2D eigenvalue weighted by atomic mass is 9.90. The first kappa shape index (κ1) is 31.9. The molecule has 0 radical (unpaired) electrons. The van der Waals surface area contributed by atoms with Crippen LogP contribution in [0.1, 0.15) is 43.2 Å². The number of aryl methyl sites for hydroxylation is 1. The molecular formula is C33H38N10O3S. The lowest BCUT2D eigenvalue weighted by molar-refractivity contribution is 0.240. The van der Waals surface area contributed by atoms with Gasteiger partial charge >= 0.3 is 6.03 Å². The van der Waals surface area contributed by atoms with E-state index in [0.717, 1.165) is 42.4 Å². The number of hydrogen-bond acceptors (Lipinski definition) is 10. The van der Waals surface area contributed by atoms with Crippen molar-refractivity contribution in [1.82, 2.24) is 30.0 Å². The van der Waals surface area contributed by atoms with E-state index >= 15 is 0 Å². The van der Waals surface area contributed by atoms with Crippen LogP contribution < -0.4 is 20.4 Å². The molecule has 4 aromatic rings. The van der Waals surface area contributed by atoms with E-state index < -0.39 is 15.1 Å². The van der Waals surface area contributed by atoms with Gasteiger partial charge in [-0.2, -0.15) is 15.3 Å². The van der Waals surface area contributed by atoms with Gasteiger partial charge in [0.2, 0.25) is 5.95 Å². The Morgan fingerprint density at radius 1 is 1.02 bits per heavy atom. The molecule has 2 aliphatic rings. The molecule has 13 nitrogen and oxygen atoms in total. The van der Waals surface area contributed by atoms with Gasteiger partial charge in [-0.3, -0.25) is 9.58 Å². The standard InChI is InChI=1S/C33H38N10O3S/c1-41-21-26(20-38-41)24-8-13-30(35-18-24)43(33(44)37-17-23-6-4-3-5-7-23)28-11-9-27(10-12-28)39-32-36-19-25(16-34)31(40-32)42-15-14-29(22-42)47(2,45)46/h3-8,13,18-21,27-29H,9-12,14-15,17,22H2,1-2H3,(H,37,44)(H,36,39,40)/t27-,28-,29?. The third-order valence-electron chi connectivity index (χ3n) is 8.87. The lowest BCUT2D eigenvalue weighted by Crippen LogP contribution is -2.49. The SMILES string of the molecule is Cn1cc(-c2ccc(N(C(=O)NCc3ccccc3)[C@H]3CC[C@H](Nc4ncc(C#N)c(N5CCC(S(C)(=O)=O)C5)n4)CC3)nc2)cn1. The molecule has 1 aromatic carbocycles. The number of benzene rings is 1. The Hall–Kier alpha value is -5.03. The molecule has 0 bridgehead atoms. The largest absolute Gasteiger partial charge is 0.354 e. The van der Waals surface area contributed by atoms with Gasteiger partial charge in [0.25, 0.3) is 0 Å². The summed E-state index contributed by atoms with van der Waals surface area (Å²) in [5, 5.41) is 19.9. The number of nitriles is 1. The average molecular weight is 655 g/mol. The van der Waals surface area contributed by atoms with E-state index in [4.69, 9.17) is 4.98 Å². The van der Waals surface area contributed by atoms with Crippen molar-refractivity contribution in [3.63, 3.8) is 0 Å². The van der Waals surface area contributed by atoms with Crippen molar-refractivity contribution in [3.05, 3.63) is 78.4 Å². The first-order valence-electron chi connectivity index (χ1n) is 15.7. The number of nitrogens with one attached hydrogen (secondary N) is 2. The molecule has 1 aliphatic heterocycles. The second-order valence-corrected chi connectivity index (χ2v) is 14.5. The number of aromatic nitrogens is 5. The minimum atomic E-state index is -3.19. The van der Waals surface area contributed by atoms with Crippen molar-refractivity contribution in [3.8, 4) is 17.2 Å². The third kappa shape index (κ3) is 7.52. The van der Waals surface area contributed by atoms with Crippen LogP contribution in [0.15, 0.2) is 67.3 Å². The van der Waals surface area contributed by atoms with Gasteiger partial charge in [-0.1, -0.05) is 30.3 Å². The highest BCUT2D eigenvalue weighted by Gasteiger charge is 2.33. The van der Waals surface area contributed by atoms with E-state index in [1.165, 1.54) is 12.5 Å². The molecule has 1 aliphatic carbocycles.